The summed E-state index contributed by atoms with van der Waals surface area (Å²) in [4.78, 5) is 54.3. The molecule has 1 aliphatic heterocycles. The molecule has 1 saturated heterocycles. The summed E-state index contributed by atoms with van der Waals surface area (Å²) in [5, 5.41) is 0. The number of nitrogens with zero attached hydrogens (tertiary/aromatic N) is 3. The molecule has 3 rings (SSSR count). The second-order valence-electron chi connectivity index (χ2n) is 6.82. The SMILES string of the molecule is CCCCn1c(=O)[nH]c2c(C(=O)N3CCC[C@H](C(=O)OCC)C3)snc2c1=O. The van der Waals surface area contributed by atoms with E-state index in [1.807, 2.05) is 6.92 Å². The van der Waals surface area contributed by atoms with E-state index in [9.17, 15) is 19.2 Å². The standard InChI is InChI=1S/C18H24N4O5S/c1-3-5-9-22-15(23)13-12(19-18(22)26)14(28-20-13)16(24)21-8-6-7-11(10-21)17(25)27-4-2/h11H,3-10H2,1-2H3,(H,19,26)/t11-/m0/s1. The van der Waals surface area contributed by atoms with Gasteiger partial charge in [0.05, 0.1) is 18.0 Å². The fraction of sp³-hybridized carbons (Fsp3) is 0.611. The van der Waals surface area contributed by atoms with Crippen molar-refractivity contribution in [1.29, 1.82) is 0 Å². The number of esters is 1. The molecule has 1 aliphatic rings. The number of piperidine rings is 1. The van der Waals surface area contributed by atoms with Gasteiger partial charge < -0.3 is 14.6 Å². The van der Waals surface area contributed by atoms with Crippen LogP contribution in [-0.2, 0) is 16.1 Å². The summed E-state index contributed by atoms with van der Waals surface area (Å²) >= 11 is 0.899. The predicted octanol–water partition coefficient (Wildman–Crippen LogP) is 1.36. The zero-order chi connectivity index (χ0) is 20.3. The molecule has 152 valence electrons. The van der Waals surface area contributed by atoms with Gasteiger partial charge >= 0.3 is 11.7 Å². The van der Waals surface area contributed by atoms with Gasteiger partial charge in [0.2, 0.25) is 0 Å². The minimum absolute atomic E-state index is 0.100. The number of amides is 1. The van der Waals surface area contributed by atoms with E-state index in [1.165, 1.54) is 0 Å². The van der Waals surface area contributed by atoms with Gasteiger partial charge in [-0.2, -0.15) is 4.37 Å². The van der Waals surface area contributed by atoms with Crippen LogP contribution in [0.15, 0.2) is 9.59 Å². The first-order valence-electron chi connectivity index (χ1n) is 9.56. The normalized spacial score (nSPS) is 17.1. The Morgan fingerprint density at radius 3 is 2.82 bits per heavy atom. The average molecular weight is 408 g/mol. The van der Waals surface area contributed by atoms with E-state index >= 15 is 0 Å². The first-order valence-corrected chi connectivity index (χ1v) is 10.3. The molecular formula is C18H24N4O5S. The summed E-state index contributed by atoms with van der Waals surface area (Å²) in [5.74, 6) is -0.994. The number of hydrogen-bond acceptors (Lipinski definition) is 7. The van der Waals surface area contributed by atoms with Gasteiger partial charge in [0.25, 0.3) is 11.5 Å². The molecule has 10 heteroatoms. The monoisotopic (exact) mass is 408 g/mol. The van der Waals surface area contributed by atoms with Crippen LogP contribution < -0.4 is 11.2 Å². The van der Waals surface area contributed by atoms with E-state index in [-0.39, 0.29) is 40.2 Å². The number of likely N-dealkylation sites (tertiary alicyclic amines) is 1. The van der Waals surface area contributed by atoms with Gasteiger partial charge in [-0.1, -0.05) is 13.3 Å². The highest BCUT2D eigenvalue weighted by Gasteiger charge is 2.31. The molecule has 1 amide bonds. The van der Waals surface area contributed by atoms with Crippen LogP contribution >= 0.6 is 11.5 Å². The van der Waals surface area contributed by atoms with Gasteiger partial charge in [0.15, 0.2) is 5.52 Å². The molecule has 0 aromatic carbocycles. The minimum atomic E-state index is -0.539. The van der Waals surface area contributed by atoms with Crippen molar-refractivity contribution in [3.05, 3.63) is 25.7 Å². The lowest BCUT2D eigenvalue weighted by atomic mass is 9.98. The second kappa shape index (κ2) is 8.68. The van der Waals surface area contributed by atoms with Crippen molar-refractivity contribution in [1.82, 2.24) is 18.8 Å². The Balaban J connectivity index is 1.89. The maximum absolute atomic E-state index is 13.0. The van der Waals surface area contributed by atoms with E-state index < -0.39 is 11.2 Å². The predicted molar refractivity (Wildman–Crippen MR) is 105 cm³/mol. The van der Waals surface area contributed by atoms with Crippen LogP contribution in [0.2, 0.25) is 0 Å². The fourth-order valence-corrected chi connectivity index (χ4v) is 4.17. The van der Waals surface area contributed by atoms with Gasteiger partial charge in [-0.3, -0.25) is 19.0 Å². The van der Waals surface area contributed by atoms with Crippen LogP contribution in [0.4, 0.5) is 0 Å². The van der Waals surface area contributed by atoms with Gasteiger partial charge in [-0.05, 0) is 37.7 Å². The van der Waals surface area contributed by atoms with Crippen LogP contribution in [0.25, 0.3) is 11.0 Å². The molecule has 1 N–H and O–H groups in total. The summed E-state index contributed by atoms with van der Waals surface area (Å²) in [6, 6.07) is 0. The number of H-pyrrole nitrogens is 1. The molecule has 2 aromatic heterocycles. The van der Waals surface area contributed by atoms with Crippen molar-refractivity contribution >= 4 is 34.4 Å². The van der Waals surface area contributed by atoms with E-state index in [0.717, 1.165) is 22.5 Å². The third-order valence-corrected chi connectivity index (χ3v) is 5.71. The van der Waals surface area contributed by atoms with Crippen molar-refractivity contribution in [2.45, 2.75) is 46.1 Å². The number of fused-ring (bicyclic) bond motifs is 1. The number of carbonyl (C=O) groups excluding carboxylic acids is 2. The summed E-state index contributed by atoms with van der Waals surface area (Å²) in [5.41, 5.74) is -0.743. The summed E-state index contributed by atoms with van der Waals surface area (Å²) in [6.07, 6.45) is 2.91. The summed E-state index contributed by atoms with van der Waals surface area (Å²) in [6.45, 7) is 5.10. The Bertz CT molecular complexity index is 992. The van der Waals surface area contributed by atoms with Crippen molar-refractivity contribution in [3.8, 4) is 0 Å². The number of hydrogen-bond donors (Lipinski definition) is 1. The summed E-state index contributed by atoms with van der Waals surface area (Å²) < 4.78 is 10.3. The van der Waals surface area contributed by atoms with Crippen LogP contribution in [0.1, 0.15) is 49.2 Å². The number of aromatic amines is 1. The zero-order valence-electron chi connectivity index (χ0n) is 16.0. The Hall–Kier alpha value is -2.49. The van der Waals surface area contributed by atoms with Crippen molar-refractivity contribution in [2.75, 3.05) is 19.7 Å². The molecule has 0 spiro atoms. The van der Waals surface area contributed by atoms with E-state index in [4.69, 9.17) is 4.74 Å². The zero-order valence-corrected chi connectivity index (χ0v) is 16.8. The quantitative estimate of drug-likeness (QED) is 0.722. The third-order valence-electron chi connectivity index (χ3n) is 4.87. The lowest BCUT2D eigenvalue weighted by molar-refractivity contribution is -0.149. The lowest BCUT2D eigenvalue weighted by Crippen LogP contribution is -2.42. The van der Waals surface area contributed by atoms with Crippen LogP contribution in [0.3, 0.4) is 0 Å². The lowest BCUT2D eigenvalue weighted by Gasteiger charge is -2.31. The minimum Gasteiger partial charge on any atom is -0.466 e. The Labute approximate surface area is 165 Å². The molecule has 2 aromatic rings. The number of aromatic nitrogens is 3. The Kier molecular flexibility index (Phi) is 6.28. The molecule has 0 radical (unpaired) electrons. The van der Waals surface area contributed by atoms with E-state index in [2.05, 4.69) is 9.36 Å². The van der Waals surface area contributed by atoms with Crippen molar-refractivity contribution < 1.29 is 14.3 Å². The molecule has 1 atom stereocenters. The van der Waals surface area contributed by atoms with Crippen LogP contribution in [-0.4, -0.2) is 50.4 Å². The maximum Gasteiger partial charge on any atom is 0.328 e. The highest BCUT2D eigenvalue weighted by molar-refractivity contribution is 7.09. The van der Waals surface area contributed by atoms with Gasteiger partial charge in [-0.25, -0.2) is 4.79 Å². The molecule has 28 heavy (non-hydrogen) atoms. The number of carbonyl (C=O) groups is 2. The largest absolute Gasteiger partial charge is 0.466 e. The molecule has 9 nitrogen and oxygen atoms in total. The highest BCUT2D eigenvalue weighted by atomic mass is 32.1. The topological polar surface area (TPSA) is 114 Å². The first-order chi connectivity index (χ1) is 13.5. The average Bonchev–Trinajstić information content (AvgIpc) is 3.11. The molecular weight excluding hydrogens is 384 g/mol. The number of unbranched alkanes of at least 4 members (excludes halogenated alkanes) is 1. The number of rotatable bonds is 6. The van der Waals surface area contributed by atoms with Gasteiger partial charge in [0.1, 0.15) is 4.88 Å². The van der Waals surface area contributed by atoms with Crippen LogP contribution in [0, 0.1) is 5.92 Å². The molecule has 0 aliphatic carbocycles. The van der Waals surface area contributed by atoms with E-state index in [0.29, 0.717) is 39.0 Å². The van der Waals surface area contributed by atoms with Gasteiger partial charge in [0, 0.05) is 19.6 Å². The Morgan fingerprint density at radius 1 is 1.32 bits per heavy atom. The molecule has 0 saturated carbocycles. The van der Waals surface area contributed by atoms with Crippen molar-refractivity contribution in [2.24, 2.45) is 5.92 Å². The smallest absolute Gasteiger partial charge is 0.328 e. The Morgan fingerprint density at radius 2 is 2.11 bits per heavy atom. The van der Waals surface area contributed by atoms with Crippen LogP contribution in [0.5, 0.6) is 0 Å². The second-order valence-corrected chi connectivity index (χ2v) is 7.59. The molecule has 0 bridgehead atoms. The van der Waals surface area contributed by atoms with Crippen molar-refractivity contribution in [3.63, 3.8) is 0 Å². The van der Waals surface area contributed by atoms with E-state index in [1.54, 1.807) is 11.8 Å². The molecule has 1 fully saturated rings. The molecule has 3 heterocycles. The maximum atomic E-state index is 13.0. The summed E-state index contributed by atoms with van der Waals surface area (Å²) in [7, 11) is 0. The van der Waals surface area contributed by atoms with Gasteiger partial charge in [-0.15, -0.1) is 0 Å². The number of nitrogens with one attached hydrogen (secondary N) is 1. The highest BCUT2D eigenvalue weighted by Crippen LogP contribution is 2.24. The number of ether oxygens (including phenoxy) is 1. The fourth-order valence-electron chi connectivity index (χ4n) is 3.37. The molecule has 0 unspecified atom stereocenters. The first kappa shape index (κ1) is 20.2. The third kappa shape index (κ3) is 3.87.